The van der Waals surface area contributed by atoms with Crippen molar-refractivity contribution in [2.75, 3.05) is 6.61 Å². The first-order chi connectivity index (χ1) is 10.1. The molecule has 1 atom stereocenters. The summed E-state index contributed by atoms with van der Waals surface area (Å²) >= 11 is 0. The minimum absolute atomic E-state index is 0.262. The fourth-order valence-electron chi connectivity index (χ4n) is 1.88. The Morgan fingerprint density at radius 3 is 2.52 bits per heavy atom. The molecular formula is C17H17NO3. The van der Waals surface area contributed by atoms with Crippen molar-refractivity contribution in [3.63, 3.8) is 0 Å². The summed E-state index contributed by atoms with van der Waals surface area (Å²) in [4.78, 5) is 12.2. The van der Waals surface area contributed by atoms with Gasteiger partial charge in [-0.3, -0.25) is 4.79 Å². The second-order valence-electron chi connectivity index (χ2n) is 5.21. The number of carbonyl (C=O) groups is 1. The Morgan fingerprint density at radius 2 is 2.00 bits per heavy atom. The van der Waals surface area contributed by atoms with E-state index in [-0.39, 0.29) is 5.78 Å². The lowest BCUT2D eigenvalue weighted by atomic mass is 9.93. The summed E-state index contributed by atoms with van der Waals surface area (Å²) in [7, 11) is 0. The van der Waals surface area contributed by atoms with Crippen LogP contribution in [0.3, 0.4) is 0 Å². The molecular weight excluding hydrogens is 266 g/mol. The van der Waals surface area contributed by atoms with Crippen LogP contribution >= 0.6 is 0 Å². The first-order valence-electron chi connectivity index (χ1n) is 6.80. The van der Waals surface area contributed by atoms with Gasteiger partial charge < -0.3 is 9.15 Å². The van der Waals surface area contributed by atoms with E-state index in [9.17, 15) is 10.1 Å². The maximum atomic E-state index is 12.2. The van der Waals surface area contributed by atoms with E-state index >= 15 is 0 Å². The quantitative estimate of drug-likeness (QED) is 0.756. The molecule has 4 nitrogen and oxygen atoms in total. The number of benzene rings is 1. The third kappa shape index (κ3) is 3.73. The first-order valence-corrected chi connectivity index (χ1v) is 6.80. The smallest absolute Gasteiger partial charge is 0.187 e. The monoisotopic (exact) mass is 283 g/mol. The van der Waals surface area contributed by atoms with Gasteiger partial charge in [0, 0.05) is 0 Å². The zero-order valence-electron chi connectivity index (χ0n) is 12.1. The first kappa shape index (κ1) is 14.9. The van der Waals surface area contributed by atoms with E-state index in [4.69, 9.17) is 9.15 Å². The van der Waals surface area contributed by atoms with Crippen LogP contribution in [0, 0.1) is 17.2 Å². The number of rotatable bonds is 6. The number of hydrogen-bond acceptors (Lipinski definition) is 4. The Bertz CT molecular complexity index is 621. The zero-order chi connectivity index (χ0) is 15.2. The van der Waals surface area contributed by atoms with E-state index in [1.807, 2.05) is 6.07 Å². The molecule has 21 heavy (non-hydrogen) atoms. The van der Waals surface area contributed by atoms with Crippen LogP contribution < -0.4 is 4.74 Å². The molecule has 1 aromatic carbocycles. The maximum Gasteiger partial charge on any atom is 0.187 e. The van der Waals surface area contributed by atoms with E-state index in [0.717, 1.165) is 5.75 Å². The molecule has 0 spiro atoms. The number of ether oxygens (including phenoxy) is 1. The lowest BCUT2D eigenvalue weighted by Crippen LogP contribution is -2.10. The number of carbonyl (C=O) groups excluding carboxylic acids is 1. The van der Waals surface area contributed by atoms with Gasteiger partial charge >= 0.3 is 0 Å². The van der Waals surface area contributed by atoms with Crippen LogP contribution in [-0.2, 0) is 0 Å². The molecule has 2 aromatic rings. The summed E-state index contributed by atoms with van der Waals surface area (Å²) in [6.07, 6.45) is 2.78. The van der Waals surface area contributed by atoms with Gasteiger partial charge in [0.15, 0.2) is 5.78 Å². The van der Waals surface area contributed by atoms with Crippen LogP contribution in [0.2, 0.25) is 0 Å². The minimum Gasteiger partial charge on any atom is -0.493 e. The summed E-state index contributed by atoms with van der Waals surface area (Å²) in [6, 6.07) is 10.7. The van der Waals surface area contributed by atoms with E-state index in [1.165, 1.54) is 12.5 Å². The largest absolute Gasteiger partial charge is 0.493 e. The molecule has 0 saturated carbocycles. The van der Waals surface area contributed by atoms with Gasteiger partial charge in [-0.1, -0.05) is 26.0 Å². The average molecular weight is 283 g/mol. The van der Waals surface area contributed by atoms with Crippen LogP contribution in [0.5, 0.6) is 5.75 Å². The molecule has 0 fully saturated rings. The third-order valence-corrected chi connectivity index (χ3v) is 2.99. The Labute approximate surface area is 124 Å². The molecule has 0 radical (unpaired) electrons. The van der Waals surface area contributed by atoms with Crippen molar-refractivity contribution < 1.29 is 13.9 Å². The number of furan rings is 1. The van der Waals surface area contributed by atoms with Crippen molar-refractivity contribution in [1.29, 1.82) is 5.26 Å². The summed E-state index contributed by atoms with van der Waals surface area (Å²) < 4.78 is 10.5. The summed E-state index contributed by atoms with van der Waals surface area (Å²) in [5.74, 6) is 0.0861. The standard InChI is InChI=1S/C17H17NO3/c1-12(2)10-21-15-5-3-13(4-6-15)16(9-18)17(19)14-7-8-20-11-14/h3-8,11-12,16H,10H2,1-2H3. The highest BCUT2D eigenvalue weighted by molar-refractivity contribution is 6.02. The van der Waals surface area contributed by atoms with E-state index in [2.05, 4.69) is 13.8 Å². The number of nitrogens with zero attached hydrogens (tertiary/aromatic N) is 1. The molecule has 0 amide bonds. The van der Waals surface area contributed by atoms with Gasteiger partial charge in [-0.05, 0) is 29.7 Å². The van der Waals surface area contributed by atoms with Gasteiger partial charge in [-0.2, -0.15) is 5.26 Å². The van der Waals surface area contributed by atoms with Crippen molar-refractivity contribution in [2.45, 2.75) is 19.8 Å². The van der Waals surface area contributed by atoms with Crippen LogP contribution in [0.15, 0.2) is 47.3 Å². The van der Waals surface area contributed by atoms with Gasteiger partial charge in [-0.25, -0.2) is 0 Å². The van der Waals surface area contributed by atoms with Crippen LogP contribution in [0.1, 0.15) is 35.7 Å². The predicted molar refractivity (Wildman–Crippen MR) is 78.2 cm³/mol. The third-order valence-electron chi connectivity index (χ3n) is 2.99. The summed E-state index contributed by atoms with van der Waals surface area (Å²) in [5, 5.41) is 9.26. The Hall–Kier alpha value is -2.54. The molecule has 2 rings (SSSR count). The minimum atomic E-state index is -0.832. The van der Waals surface area contributed by atoms with E-state index < -0.39 is 5.92 Å². The van der Waals surface area contributed by atoms with Crippen LogP contribution in [0.4, 0.5) is 0 Å². The van der Waals surface area contributed by atoms with Gasteiger partial charge in [0.25, 0.3) is 0 Å². The van der Waals surface area contributed by atoms with Gasteiger partial charge in [-0.15, -0.1) is 0 Å². The Morgan fingerprint density at radius 1 is 1.29 bits per heavy atom. The molecule has 0 N–H and O–H groups in total. The molecule has 1 aromatic heterocycles. The van der Waals surface area contributed by atoms with Gasteiger partial charge in [0.2, 0.25) is 0 Å². The molecule has 108 valence electrons. The molecule has 0 saturated heterocycles. The fourth-order valence-corrected chi connectivity index (χ4v) is 1.88. The van der Waals surface area contributed by atoms with Crippen LogP contribution in [0.25, 0.3) is 0 Å². The molecule has 0 aliphatic heterocycles. The van der Waals surface area contributed by atoms with Gasteiger partial charge in [0.1, 0.15) is 17.9 Å². The molecule has 0 aliphatic carbocycles. The summed E-state index contributed by atoms with van der Waals surface area (Å²) in [6.45, 7) is 4.78. The molecule has 0 aliphatic rings. The van der Waals surface area contributed by atoms with Crippen LogP contribution in [-0.4, -0.2) is 12.4 Å². The fraction of sp³-hybridized carbons (Fsp3) is 0.294. The second kappa shape index (κ2) is 6.76. The van der Waals surface area contributed by atoms with Crippen molar-refractivity contribution in [1.82, 2.24) is 0 Å². The van der Waals surface area contributed by atoms with Crippen molar-refractivity contribution in [3.8, 4) is 11.8 Å². The van der Waals surface area contributed by atoms with E-state index in [0.29, 0.717) is 23.7 Å². The normalized spacial score (nSPS) is 11.9. The number of Topliss-reactive ketones (excluding diaryl/α,β-unsaturated/α-hetero) is 1. The highest BCUT2D eigenvalue weighted by Crippen LogP contribution is 2.23. The molecule has 4 heteroatoms. The topological polar surface area (TPSA) is 63.2 Å². The highest BCUT2D eigenvalue weighted by Gasteiger charge is 2.22. The molecule has 1 heterocycles. The SMILES string of the molecule is CC(C)COc1ccc(C(C#N)C(=O)c2ccoc2)cc1. The number of hydrogen-bond donors (Lipinski definition) is 0. The lowest BCUT2D eigenvalue weighted by Gasteiger charge is -2.11. The number of nitriles is 1. The highest BCUT2D eigenvalue weighted by atomic mass is 16.5. The van der Waals surface area contributed by atoms with Crippen molar-refractivity contribution in [2.24, 2.45) is 5.92 Å². The molecule has 1 unspecified atom stereocenters. The number of ketones is 1. The van der Waals surface area contributed by atoms with E-state index in [1.54, 1.807) is 30.3 Å². The predicted octanol–water partition coefficient (Wildman–Crippen LogP) is 3.80. The van der Waals surface area contributed by atoms with Crippen molar-refractivity contribution in [3.05, 3.63) is 54.0 Å². The lowest BCUT2D eigenvalue weighted by molar-refractivity contribution is 0.0978. The Kier molecular flexibility index (Phi) is 4.78. The zero-order valence-corrected chi connectivity index (χ0v) is 12.1. The maximum absolute atomic E-state index is 12.2. The molecule has 0 bridgehead atoms. The summed E-state index contributed by atoms with van der Waals surface area (Å²) in [5.41, 5.74) is 1.06. The Balaban J connectivity index is 2.12. The van der Waals surface area contributed by atoms with Gasteiger partial charge in [0.05, 0.1) is 24.5 Å². The second-order valence-corrected chi connectivity index (χ2v) is 5.21. The average Bonchev–Trinajstić information content (AvgIpc) is 3.01. The van der Waals surface area contributed by atoms with Crippen molar-refractivity contribution >= 4 is 5.78 Å².